The summed E-state index contributed by atoms with van der Waals surface area (Å²) in [4.78, 5) is 28.6. The Labute approximate surface area is 218 Å². The van der Waals surface area contributed by atoms with Gasteiger partial charge in [-0.15, -0.1) is 0 Å². The molecule has 1 N–H and O–H groups in total. The molecule has 0 bridgehead atoms. The zero-order valence-electron chi connectivity index (χ0n) is 21.2. The van der Waals surface area contributed by atoms with Crippen molar-refractivity contribution in [3.05, 3.63) is 89.3 Å². The van der Waals surface area contributed by atoms with Gasteiger partial charge in [0.25, 0.3) is 5.91 Å². The third kappa shape index (κ3) is 4.36. The Balaban J connectivity index is 1.62. The van der Waals surface area contributed by atoms with Crippen molar-refractivity contribution >= 4 is 22.7 Å². The number of nitrogens with zero attached hydrogens (tertiary/aromatic N) is 1. The molecule has 0 saturated heterocycles. The minimum Gasteiger partial charge on any atom is -0.503 e. The van der Waals surface area contributed by atoms with Gasteiger partial charge in [-0.25, -0.2) is 0 Å². The Morgan fingerprint density at radius 1 is 1.00 bits per heavy atom. The van der Waals surface area contributed by atoms with E-state index in [0.29, 0.717) is 52.8 Å². The predicted octanol–water partition coefficient (Wildman–Crippen LogP) is 5.61. The molecule has 1 aliphatic rings. The van der Waals surface area contributed by atoms with Gasteiger partial charge in [-0.1, -0.05) is 18.2 Å². The van der Waals surface area contributed by atoms with Crippen molar-refractivity contribution < 1.29 is 37.7 Å². The van der Waals surface area contributed by atoms with Crippen molar-refractivity contribution in [1.29, 1.82) is 0 Å². The first-order valence-electron chi connectivity index (χ1n) is 12.2. The summed E-state index contributed by atoms with van der Waals surface area (Å²) < 4.78 is 28.2. The van der Waals surface area contributed by atoms with Gasteiger partial charge in [0, 0.05) is 5.39 Å². The molecule has 9 nitrogen and oxygen atoms in total. The maximum absolute atomic E-state index is 13.9. The van der Waals surface area contributed by atoms with E-state index in [1.807, 2.05) is 13.8 Å². The maximum atomic E-state index is 13.9. The molecule has 0 aliphatic carbocycles. The van der Waals surface area contributed by atoms with Crippen LogP contribution in [0.4, 0.5) is 0 Å². The normalized spacial score (nSPS) is 15.4. The van der Waals surface area contributed by atoms with Crippen LogP contribution >= 0.6 is 0 Å². The van der Waals surface area contributed by atoms with Crippen LogP contribution in [0.2, 0.25) is 0 Å². The molecule has 4 aromatic rings. The molecule has 0 radical (unpaired) electrons. The second kappa shape index (κ2) is 10.4. The number of benzene rings is 2. The van der Waals surface area contributed by atoms with Gasteiger partial charge in [0.05, 0.1) is 44.7 Å². The van der Waals surface area contributed by atoms with Crippen LogP contribution in [0.15, 0.2) is 81.0 Å². The van der Waals surface area contributed by atoms with Crippen LogP contribution in [-0.4, -0.2) is 42.0 Å². The molecule has 2 aromatic carbocycles. The van der Waals surface area contributed by atoms with E-state index >= 15 is 0 Å². The molecule has 38 heavy (non-hydrogen) atoms. The number of amides is 1. The van der Waals surface area contributed by atoms with E-state index in [4.69, 9.17) is 23.0 Å². The number of carbonyl (C=O) groups is 2. The molecule has 9 heteroatoms. The number of aliphatic hydroxyl groups is 1. The molecule has 1 aliphatic heterocycles. The highest BCUT2D eigenvalue weighted by molar-refractivity contribution is 6.16. The Hall–Kier alpha value is -4.66. The molecule has 0 spiro atoms. The number of rotatable bonds is 10. The molecule has 1 unspecified atom stereocenters. The van der Waals surface area contributed by atoms with E-state index in [9.17, 15) is 14.7 Å². The summed E-state index contributed by atoms with van der Waals surface area (Å²) in [5.74, 6) is -0.0385. The van der Waals surface area contributed by atoms with Crippen LogP contribution in [0.3, 0.4) is 0 Å². The highest BCUT2D eigenvalue weighted by Crippen LogP contribution is 2.43. The van der Waals surface area contributed by atoms with Crippen LogP contribution in [0.5, 0.6) is 17.2 Å². The van der Waals surface area contributed by atoms with E-state index in [2.05, 4.69) is 0 Å². The highest BCUT2D eigenvalue weighted by Gasteiger charge is 2.45. The quantitative estimate of drug-likeness (QED) is 0.270. The van der Waals surface area contributed by atoms with Crippen LogP contribution in [-0.2, 0) is 11.3 Å². The topological polar surface area (TPSA) is 112 Å². The summed E-state index contributed by atoms with van der Waals surface area (Å²) in [5.41, 5.74) is 0.843. The number of hydrogen-bond acceptors (Lipinski definition) is 8. The van der Waals surface area contributed by atoms with E-state index in [0.717, 1.165) is 0 Å². The van der Waals surface area contributed by atoms with Gasteiger partial charge in [-0.3, -0.25) is 9.59 Å². The molecule has 0 fully saturated rings. The number of carbonyl (C=O) groups excluding carboxylic acids is 2. The Kier molecular flexibility index (Phi) is 6.83. The molecular formula is C29H27NO8. The average molecular weight is 518 g/mol. The van der Waals surface area contributed by atoms with Gasteiger partial charge in [0.2, 0.25) is 5.78 Å². The number of ether oxygens (including phenoxy) is 3. The summed E-state index contributed by atoms with van der Waals surface area (Å²) in [7, 11) is 1.51. The zero-order valence-corrected chi connectivity index (χ0v) is 21.2. The first-order chi connectivity index (χ1) is 18.5. The fraction of sp³-hybridized carbons (Fsp3) is 0.241. The molecule has 0 saturated carbocycles. The molecule has 3 heterocycles. The number of Topliss-reactive ketones (excluding diaryl/α,β-unsaturated/α-hetero) is 1. The van der Waals surface area contributed by atoms with E-state index < -0.39 is 23.5 Å². The lowest BCUT2D eigenvalue weighted by molar-refractivity contribution is -0.130. The van der Waals surface area contributed by atoms with Crippen molar-refractivity contribution in [3.63, 3.8) is 0 Å². The minimum atomic E-state index is -0.940. The Morgan fingerprint density at radius 3 is 2.50 bits per heavy atom. The van der Waals surface area contributed by atoms with Gasteiger partial charge in [0.1, 0.15) is 5.76 Å². The van der Waals surface area contributed by atoms with E-state index in [1.54, 1.807) is 54.6 Å². The van der Waals surface area contributed by atoms with Crippen molar-refractivity contribution in [2.45, 2.75) is 26.4 Å². The zero-order chi connectivity index (χ0) is 26.8. The smallest absolute Gasteiger partial charge is 0.290 e. The van der Waals surface area contributed by atoms with Gasteiger partial charge in [-0.2, -0.15) is 0 Å². The Morgan fingerprint density at radius 2 is 1.79 bits per heavy atom. The number of fused-ring (bicyclic) bond motifs is 1. The number of aliphatic hydroxyl groups excluding tert-OH is 1. The molecule has 196 valence electrons. The SMILES string of the molecule is CCOc1ccc(C2C(C(=O)c3cc4cccc(OC)c4o3)=C(O)C(=O)N2Cc2ccco2)cc1OCC. The fourth-order valence-electron chi connectivity index (χ4n) is 4.65. The highest BCUT2D eigenvalue weighted by atomic mass is 16.5. The lowest BCUT2D eigenvalue weighted by atomic mass is 9.94. The average Bonchev–Trinajstić information content (AvgIpc) is 3.65. The third-order valence-electron chi connectivity index (χ3n) is 6.29. The maximum Gasteiger partial charge on any atom is 0.290 e. The van der Waals surface area contributed by atoms with Crippen LogP contribution in [0, 0.1) is 0 Å². The molecule has 1 amide bonds. The van der Waals surface area contributed by atoms with Gasteiger partial charge < -0.3 is 33.1 Å². The molecule has 5 rings (SSSR count). The molecule has 2 aromatic heterocycles. The van der Waals surface area contributed by atoms with Crippen LogP contribution in [0.25, 0.3) is 11.0 Å². The standard InChI is InChI=1S/C29H27NO8/c1-4-35-20-12-11-17(14-22(20)36-5-2)25-24(27(32)29(33)30(25)16-19-9-7-13-37-19)26(31)23-15-18-8-6-10-21(34-3)28(18)38-23/h6-15,25,32H,4-5,16H2,1-3H3. The summed E-state index contributed by atoms with van der Waals surface area (Å²) in [6, 6.07) is 14.5. The molecular weight excluding hydrogens is 490 g/mol. The molecule has 1 atom stereocenters. The van der Waals surface area contributed by atoms with E-state index in [1.165, 1.54) is 18.3 Å². The summed E-state index contributed by atoms with van der Waals surface area (Å²) in [5, 5.41) is 11.7. The lowest BCUT2D eigenvalue weighted by Gasteiger charge is -2.26. The third-order valence-corrected chi connectivity index (χ3v) is 6.29. The predicted molar refractivity (Wildman–Crippen MR) is 138 cm³/mol. The second-order valence-electron chi connectivity index (χ2n) is 8.57. The summed E-state index contributed by atoms with van der Waals surface area (Å²) in [6.07, 6.45) is 1.50. The van der Waals surface area contributed by atoms with Gasteiger partial charge in [0.15, 0.2) is 34.4 Å². The summed E-state index contributed by atoms with van der Waals surface area (Å²) in [6.45, 7) is 4.57. The fourth-order valence-corrected chi connectivity index (χ4v) is 4.65. The number of ketones is 1. The van der Waals surface area contributed by atoms with Gasteiger partial charge >= 0.3 is 0 Å². The van der Waals surface area contributed by atoms with Gasteiger partial charge in [-0.05, 0) is 55.8 Å². The van der Waals surface area contributed by atoms with Crippen molar-refractivity contribution in [2.24, 2.45) is 0 Å². The van der Waals surface area contributed by atoms with Crippen LogP contribution < -0.4 is 14.2 Å². The van der Waals surface area contributed by atoms with Crippen molar-refractivity contribution in [2.75, 3.05) is 20.3 Å². The first kappa shape index (κ1) is 25.0. The van der Waals surface area contributed by atoms with Crippen LogP contribution in [0.1, 0.15) is 41.8 Å². The minimum absolute atomic E-state index is 0.0281. The number of furan rings is 2. The van der Waals surface area contributed by atoms with E-state index in [-0.39, 0.29) is 17.9 Å². The lowest BCUT2D eigenvalue weighted by Crippen LogP contribution is -2.30. The number of methoxy groups -OCH3 is 1. The largest absolute Gasteiger partial charge is 0.503 e. The monoisotopic (exact) mass is 517 g/mol. The van der Waals surface area contributed by atoms with Crippen molar-refractivity contribution in [1.82, 2.24) is 4.90 Å². The number of hydrogen-bond donors (Lipinski definition) is 1. The number of para-hydroxylation sites is 1. The van der Waals surface area contributed by atoms with Crippen molar-refractivity contribution in [3.8, 4) is 17.2 Å². The second-order valence-corrected chi connectivity index (χ2v) is 8.57. The summed E-state index contributed by atoms with van der Waals surface area (Å²) >= 11 is 0. The Bertz CT molecular complexity index is 1510. The first-order valence-corrected chi connectivity index (χ1v) is 12.2.